The Morgan fingerprint density at radius 2 is 1.74 bits per heavy atom. The second kappa shape index (κ2) is 9.06. The molecule has 0 bridgehead atoms. The normalized spacial score (nSPS) is 16.6. The van der Waals surface area contributed by atoms with Gasteiger partial charge in [0.15, 0.2) is 0 Å². The summed E-state index contributed by atoms with van der Waals surface area (Å²) in [5.74, 6) is -1.43. The van der Waals surface area contributed by atoms with E-state index in [0.29, 0.717) is 6.42 Å². The zero-order valence-corrected chi connectivity index (χ0v) is 17.8. The van der Waals surface area contributed by atoms with E-state index in [0.717, 1.165) is 7.11 Å². The average molecular weight is 403 g/mol. The number of carbonyl (C=O) groups is 1. The Morgan fingerprint density at radius 3 is 2.15 bits per heavy atom. The van der Waals surface area contributed by atoms with Crippen molar-refractivity contribution in [1.29, 1.82) is 0 Å². The van der Waals surface area contributed by atoms with Gasteiger partial charge in [0.1, 0.15) is 0 Å². The van der Waals surface area contributed by atoms with E-state index in [1.807, 2.05) is 19.9 Å². The second-order valence-electron chi connectivity index (χ2n) is 7.62. The van der Waals surface area contributed by atoms with E-state index in [2.05, 4.69) is 19.6 Å². The summed E-state index contributed by atoms with van der Waals surface area (Å²) in [6.07, 6.45) is -2.45. The molecule has 1 aromatic carbocycles. The summed E-state index contributed by atoms with van der Waals surface area (Å²) in [4.78, 5) is 12.5. The van der Waals surface area contributed by atoms with Crippen molar-refractivity contribution in [2.45, 2.75) is 57.2 Å². The molecule has 0 heterocycles. The van der Waals surface area contributed by atoms with Crippen LogP contribution in [-0.4, -0.2) is 33.9 Å². The summed E-state index contributed by atoms with van der Waals surface area (Å²) in [6, 6.07) is 6.86. The van der Waals surface area contributed by atoms with E-state index < -0.39 is 25.8 Å². The minimum absolute atomic E-state index is 0.0903. The maximum atomic E-state index is 13.8. The highest BCUT2D eigenvalue weighted by Crippen LogP contribution is 2.43. The Balaban J connectivity index is 3.06. The summed E-state index contributed by atoms with van der Waals surface area (Å²) >= 11 is 0. The topological polar surface area (TPSA) is 35.5 Å². The molecule has 0 saturated heterocycles. The number of alkyl halides is 3. The number of esters is 1. The van der Waals surface area contributed by atoms with Crippen LogP contribution in [0.5, 0.6) is 0 Å². The highest BCUT2D eigenvalue weighted by atomic mass is 28.3. The first-order valence-corrected chi connectivity index (χ1v) is 12.5. The molecule has 1 aromatic rings. The SMILES string of the molecule is C/C=C(\C)[C@H](CCOC(=O)C(OC)(c1ccccc1)C(F)(F)F)[Si](C)(C)C. The summed E-state index contributed by atoms with van der Waals surface area (Å²) in [5, 5.41) is 0. The van der Waals surface area contributed by atoms with E-state index in [9.17, 15) is 18.0 Å². The number of carbonyl (C=O) groups excluding carboxylic acids is 1. The quantitative estimate of drug-likeness (QED) is 0.318. The molecule has 0 aliphatic rings. The van der Waals surface area contributed by atoms with Crippen LogP contribution in [0.25, 0.3) is 0 Å². The van der Waals surface area contributed by atoms with Gasteiger partial charge < -0.3 is 9.47 Å². The van der Waals surface area contributed by atoms with Gasteiger partial charge in [-0.25, -0.2) is 4.79 Å². The predicted octanol–water partition coefficient (Wildman–Crippen LogP) is 5.70. The third-order valence-corrected chi connectivity index (χ3v) is 7.70. The minimum Gasteiger partial charge on any atom is -0.463 e. The van der Waals surface area contributed by atoms with Crippen LogP contribution in [0.1, 0.15) is 25.8 Å². The predicted molar refractivity (Wildman–Crippen MR) is 103 cm³/mol. The molecule has 1 rings (SSSR count). The molecular formula is C20H29F3O3Si. The van der Waals surface area contributed by atoms with Crippen molar-refractivity contribution in [2.24, 2.45) is 0 Å². The molecule has 2 atom stereocenters. The first-order valence-electron chi connectivity index (χ1n) is 8.89. The van der Waals surface area contributed by atoms with Crippen molar-refractivity contribution < 1.29 is 27.4 Å². The monoisotopic (exact) mass is 402 g/mol. The maximum Gasteiger partial charge on any atom is 0.432 e. The lowest BCUT2D eigenvalue weighted by Gasteiger charge is -2.33. The third-order valence-electron chi connectivity index (χ3n) is 4.86. The number of methoxy groups -OCH3 is 1. The lowest BCUT2D eigenvalue weighted by molar-refractivity contribution is -0.276. The molecule has 1 unspecified atom stereocenters. The number of hydrogen-bond donors (Lipinski definition) is 0. The molecule has 0 spiro atoms. The third kappa shape index (κ3) is 5.22. The summed E-state index contributed by atoms with van der Waals surface area (Å²) in [5.41, 5.74) is -2.04. The maximum absolute atomic E-state index is 13.8. The minimum atomic E-state index is -4.95. The van der Waals surface area contributed by atoms with Crippen LogP contribution in [0, 0.1) is 0 Å². The van der Waals surface area contributed by atoms with E-state index in [1.54, 1.807) is 6.07 Å². The van der Waals surface area contributed by atoms with Gasteiger partial charge >= 0.3 is 12.1 Å². The molecule has 0 saturated carbocycles. The van der Waals surface area contributed by atoms with Crippen LogP contribution in [-0.2, 0) is 19.9 Å². The molecule has 0 aromatic heterocycles. The molecule has 0 aliphatic heterocycles. The molecule has 152 valence electrons. The van der Waals surface area contributed by atoms with Crippen molar-refractivity contribution in [3.05, 3.63) is 47.5 Å². The zero-order valence-electron chi connectivity index (χ0n) is 16.8. The van der Waals surface area contributed by atoms with Gasteiger partial charge in [0.2, 0.25) is 0 Å². The summed E-state index contributed by atoms with van der Waals surface area (Å²) < 4.78 is 51.4. The summed E-state index contributed by atoms with van der Waals surface area (Å²) in [7, 11) is -0.739. The second-order valence-corrected chi connectivity index (χ2v) is 13.1. The van der Waals surface area contributed by atoms with Crippen molar-refractivity contribution in [3.63, 3.8) is 0 Å². The summed E-state index contributed by atoms with van der Waals surface area (Å²) in [6.45, 7) is 10.4. The molecular weight excluding hydrogens is 373 g/mol. The highest BCUT2D eigenvalue weighted by molar-refractivity contribution is 6.78. The van der Waals surface area contributed by atoms with Crippen LogP contribution in [0.4, 0.5) is 13.2 Å². The lowest BCUT2D eigenvalue weighted by Crippen LogP contribution is -2.51. The van der Waals surface area contributed by atoms with Gasteiger partial charge in [-0.05, 0) is 25.8 Å². The van der Waals surface area contributed by atoms with Crippen molar-refractivity contribution in [3.8, 4) is 0 Å². The number of rotatable bonds is 8. The van der Waals surface area contributed by atoms with E-state index in [-0.39, 0.29) is 17.7 Å². The zero-order chi connectivity index (χ0) is 20.9. The van der Waals surface area contributed by atoms with Gasteiger partial charge in [-0.2, -0.15) is 13.2 Å². The molecule has 0 aliphatic carbocycles. The lowest BCUT2D eigenvalue weighted by atomic mass is 9.93. The van der Waals surface area contributed by atoms with Crippen LogP contribution in [0.2, 0.25) is 25.2 Å². The molecule has 0 fully saturated rings. The van der Waals surface area contributed by atoms with E-state index >= 15 is 0 Å². The Bertz CT molecular complexity index is 651. The standard InChI is InChI=1S/C20H29F3O3Si/c1-7-15(2)17(27(4,5)6)13-14-26-18(24)19(25-3,20(21,22)23)16-11-9-8-10-12-16/h7-12,17H,13-14H2,1-6H3/b15-7+/t17-,19?/m0/s1. The number of halogens is 3. The van der Waals surface area contributed by atoms with Gasteiger partial charge in [-0.15, -0.1) is 0 Å². The fraction of sp³-hybridized carbons (Fsp3) is 0.550. The largest absolute Gasteiger partial charge is 0.463 e. The molecule has 0 N–H and O–H groups in total. The van der Waals surface area contributed by atoms with E-state index in [1.165, 1.54) is 29.8 Å². The average Bonchev–Trinajstić information content (AvgIpc) is 2.57. The fourth-order valence-electron chi connectivity index (χ4n) is 3.30. The first kappa shape index (κ1) is 23.4. The molecule has 3 nitrogen and oxygen atoms in total. The smallest absolute Gasteiger partial charge is 0.432 e. The molecule has 0 amide bonds. The van der Waals surface area contributed by atoms with Crippen molar-refractivity contribution in [2.75, 3.05) is 13.7 Å². The Morgan fingerprint density at radius 1 is 1.19 bits per heavy atom. The van der Waals surface area contributed by atoms with Gasteiger partial charge in [-0.1, -0.05) is 61.6 Å². The van der Waals surface area contributed by atoms with Crippen molar-refractivity contribution >= 4 is 14.0 Å². The number of ether oxygens (including phenoxy) is 2. The van der Waals surface area contributed by atoms with Gasteiger partial charge in [0, 0.05) is 12.7 Å². The van der Waals surface area contributed by atoms with Crippen LogP contribution < -0.4 is 0 Å². The van der Waals surface area contributed by atoms with Gasteiger partial charge in [0.05, 0.1) is 14.7 Å². The molecule has 7 heteroatoms. The Hall–Kier alpha value is -1.60. The highest BCUT2D eigenvalue weighted by Gasteiger charge is 2.64. The first-order chi connectivity index (χ1) is 12.4. The van der Waals surface area contributed by atoms with Crippen molar-refractivity contribution in [1.82, 2.24) is 0 Å². The Kier molecular flexibility index (Phi) is 7.86. The van der Waals surface area contributed by atoms with Crippen LogP contribution >= 0.6 is 0 Å². The molecule has 0 radical (unpaired) electrons. The number of allylic oxidation sites excluding steroid dienone is 2. The Labute approximate surface area is 160 Å². The number of hydrogen-bond acceptors (Lipinski definition) is 3. The number of benzene rings is 1. The van der Waals surface area contributed by atoms with Gasteiger partial charge in [-0.3, -0.25) is 0 Å². The fourth-order valence-corrected chi connectivity index (χ4v) is 5.82. The van der Waals surface area contributed by atoms with Crippen LogP contribution in [0.3, 0.4) is 0 Å². The van der Waals surface area contributed by atoms with E-state index in [4.69, 9.17) is 9.47 Å². The molecule has 27 heavy (non-hydrogen) atoms. The van der Waals surface area contributed by atoms with Crippen LogP contribution in [0.15, 0.2) is 42.0 Å². The van der Waals surface area contributed by atoms with Gasteiger partial charge in [0.25, 0.3) is 5.60 Å².